The van der Waals surface area contributed by atoms with Gasteiger partial charge in [0.15, 0.2) is 0 Å². The van der Waals surface area contributed by atoms with Crippen LogP contribution in [0.3, 0.4) is 0 Å². The molecule has 0 spiro atoms. The Hall–Kier alpha value is -2.17. The summed E-state index contributed by atoms with van der Waals surface area (Å²) < 4.78 is 13.3. The molecule has 1 aliphatic heterocycles. The van der Waals surface area contributed by atoms with Crippen LogP contribution in [0.4, 0.5) is 10.1 Å². The lowest BCUT2D eigenvalue weighted by atomic mass is 10.0. The van der Waals surface area contributed by atoms with Crippen molar-refractivity contribution in [2.24, 2.45) is 0 Å². The van der Waals surface area contributed by atoms with Crippen molar-refractivity contribution in [3.8, 4) is 0 Å². The number of nitrogens with one attached hydrogen (secondary N) is 1. The van der Waals surface area contributed by atoms with Crippen molar-refractivity contribution in [1.29, 1.82) is 0 Å². The molecule has 4 nitrogen and oxygen atoms in total. The molecule has 0 aliphatic carbocycles. The van der Waals surface area contributed by atoms with Crippen LogP contribution in [0.15, 0.2) is 30.5 Å². The van der Waals surface area contributed by atoms with Gasteiger partial charge in [0.2, 0.25) is 5.91 Å². The summed E-state index contributed by atoms with van der Waals surface area (Å²) in [5, 5.41) is 3.93. The highest BCUT2D eigenvalue weighted by atomic mass is 19.1. The molecule has 1 N–H and O–H groups in total. The van der Waals surface area contributed by atoms with Crippen LogP contribution in [-0.4, -0.2) is 30.0 Å². The minimum Gasteiger partial charge on any atom is -0.369 e. The molecule has 1 aromatic heterocycles. The highest BCUT2D eigenvalue weighted by molar-refractivity contribution is 5.91. The van der Waals surface area contributed by atoms with E-state index in [1.807, 2.05) is 6.07 Å². The van der Waals surface area contributed by atoms with Gasteiger partial charge in [-0.25, -0.2) is 4.39 Å². The number of halogens is 1. The van der Waals surface area contributed by atoms with E-state index in [4.69, 9.17) is 0 Å². The maximum absolute atomic E-state index is 13.3. The van der Waals surface area contributed by atoms with Crippen molar-refractivity contribution in [2.45, 2.75) is 25.8 Å². The Balaban J connectivity index is 1.91. The van der Waals surface area contributed by atoms with E-state index in [1.165, 1.54) is 12.1 Å². The van der Waals surface area contributed by atoms with E-state index in [2.05, 4.69) is 15.2 Å². The second-order valence-electron chi connectivity index (χ2n) is 5.48. The quantitative estimate of drug-likeness (QED) is 0.923. The van der Waals surface area contributed by atoms with Gasteiger partial charge in [-0.3, -0.25) is 9.78 Å². The van der Waals surface area contributed by atoms with E-state index in [0.29, 0.717) is 5.52 Å². The molecular formula is C16H18FN3O. The molecule has 1 fully saturated rings. The smallest absolute Gasteiger partial charge is 0.217 e. The number of piperidine rings is 1. The van der Waals surface area contributed by atoms with Crippen LogP contribution in [0, 0.1) is 5.82 Å². The van der Waals surface area contributed by atoms with Gasteiger partial charge < -0.3 is 10.2 Å². The van der Waals surface area contributed by atoms with Gasteiger partial charge in [-0.2, -0.15) is 0 Å². The third-order valence-corrected chi connectivity index (χ3v) is 3.85. The topological polar surface area (TPSA) is 45.2 Å². The first kappa shape index (κ1) is 13.8. The minimum absolute atomic E-state index is 0.00325. The van der Waals surface area contributed by atoms with Gasteiger partial charge in [0.25, 0.3) is 0 Å². The molecule has 1 saturated heterocycles. The Bertz CT molecular complexity index is 674. The molecule has 5 heteroatoms. The summed E-state index contributed by atoms with van der Waals surface area (Å²) in [6.45, 7) is 3.26. The van der Waals surface area contributed by atoms with Crippen molar-refractivity contribution in [1.82, 2.24) is 10.3 Å². The van der Waals surface area contributed by atoms with Crippen LogP contribution in [0.25, 0.3) is 10.9 Å². The summed E-state index contributed by atoms with van der Waals surface area (Å²) in [5.74, 6) is -0.273. The van der Waals surface area contributed by atoms with Gasteiger partial charge in [-0.05, 0) is 31.0 Å². The highest BCUT2D eigenvalue weighted by Crippen LogP contribution is 2.28. The summed E-state index contributed by atoms with van der Waals surface area (Å²) in [6, 6.07) is 6.81. The average Bonchev–Trinajstić information content (AvgIpc) is 2.46. The lowest BCUT2D eigenvalue weighted by Crippen LogP contribution is -2.47. The molecule has 2 heterocycles. The predicted molar refractivity (Wildman–Crippen MR) is 80.8 cm³/mol. The fourth-order valence-corrected chi connectivity index (χ4v) is 2.98. The molecular weight excluding hydrogens is 269 g/mol. The van der Waals surface area contributed by atoms with Gasteiger partial charge >= 0.3 is 0 Å². The molecule has 1 amide bonds. The number of hydrogen-bond donors (Lipinski definition) is 1. The molecule has 0 bridgehead atoms. The summed E-state index contributed by atoms with van der Waals surface area (Å²) in [4.78, 5) is 17.7. The van der Waals surface area contributed by atoms with Gasteiger partial charge in [0.05, 0.1) is 5.52 Å². The zero-order valence-corrected chi connectivity index (χ0v) is 12.0. The van der Waals surface area contributed by atoms with Crippen molar-refractivity contribution >= 4 is 22.5 Å². The molecule has 1 aromatic carbocycles. The zero-order valence-electron chi connectivity index (χ0n) is 12.0. The Morgan fingerprint density at radius 2 is 2.29 bits per heavy atom. The molecule has 1 atom stereocenters. The summed E-state index contributed by atoms with van der Waals surface area (Å²) >= 11 is 0. The van der Waals surface area contributed by atoms with E-state index in [0.717, 1.165) is 37.0 Å². The number of pyridine rings is 1. The number of aromatic nitrogens is 1. The number of benzene rings is 1. The van der Waals surface area contributed by atoms with Crippen LogP contribution in [-0.2, 0) is 4.79 Å². The summed E-state index contributed by atoms with van der Waals surface area (Å²) in [5.41, 5.74) is 1.71. The maximum Gasteiger partial charge on any atom is 0.217 e. The van der Waals surface area contributed by atoms with E-state index in [9.17, 15) is 9.18 Å². The second kappa shape index (κ2) is 5.68. The van der Waals surface area contributed by atoms with Crippen molar-refractivity contribution in [3.63, 3.8) is 0 Å². The average molecular weight is 287 g/mol. The van der Waals surface area contributed by atoms with E-state index in [-0.39, 0.29) is 17.8 Å². The van der Waals surface area contributed by atoms with Crippen molar-refractivity contribution in [2.75, 3.05) is 18.0 Å². The van der Waals surface area contributed by atoms with Crippen LogP contribution < -0.4 is 10.2 Å². The molecule has 1 aliphatic rings. The standard InChI is InChI=1S/C16H18FN3O/c1-11(21)19-13-3-2-8-20(10-13)16-6-7-18-15-9-12(17)4-5-14(15)16/h4-7,9,13H,2-3,8,10H2,1H3,(H,19,21). The highest BCUT2D eigenvalue weighted by Gasteiger charge is 2.22. The first-order valence-electron chi connectivity index (χ1n) is 7.20. The van der Waals surface area contributed by atoms with Gasteiger partial charge in [0.1, 0.15) is 5.82 Å². The van der Waals surface area contributed by atoms with E-state index in [1.54, 1.807) is 19.2 Å². The number of carbonyl (C=O) groups excluding carboxylic acids is 1. The first-order chi connectivity index (χ1) is 10.1. The SMILES string of the molecule is CC(=O)NC1CCCN(c2ccnc3cc(F)ccc23)C1. The minimum atomic E-state index is -0.276. The first-order valence-corrected chi connectivity index (χ1v) is 7.20. The molecule has 110 valence electrons. The number of rotatable bonds is 2. The largest absolute Gasteiger partial charge is 0.369 e. The van der Waals surface area contributed by atoms with Gasteiger partial charge in [-0.15, -0.1) is 0 Å². The second-order valence-corrected chi connectivity index (χ2v) is 5.48. The fourth-order valence-electron chi connectivity index (χ4n) is 2.98. The van der Waals surface area contributed by atoms with Crippen molar-refractivity contribution < 1.29 is 9.18 Å². The van der Waals surface area contributed by atoms with Gasteiger partial charge in [-0.1, -0.05) is 0 Å². The Morgan fingerprint density at radius 1 is 1.43 bits per heavy atom. The summed E-state index contributed by atoms with van der Waals surface area (Å²) in [7, 11) is 0. The lowest BCUT2D eigenvalue weighted by molar-refractivity contribution is -0.119. The Morgan fingerprint density at radius 3 is 3.10 bits per heavy atom. The van der Waals surface area contributed by atoms with Gasteiger partial charge in [0, 0.05) is 49.4 Å². The fraction of sp³-hybridized carbons (Fsp3) is 0.375. The summed E-state index contributed by atoms with van der Waals surface area (Å²) in [6.07, 6.45) is 3.73. The van der Waals surface area contributed by atoms with Crippen LogP contribution in [0.2, 0.25) is 0 Å². The molecule has 3 rings (SSSR count). The number of nitrogens with zero attached hydrogens (tertiary/aromatic N) is 2. The predicted octanol–water partition coefficient (Wildman–Crippen LogP) is 2.48. The molecule has 21 heavy (non-hydrogen) atoms. The molecule has 0 saturated carbocycles. The Labute approximate surface area is 123 Å². The van der Waals surface area contributed by atoms with Crippen molar-refractivity contribution in [3.05, 3.63) is 36.3 Å². The lowest BCUT2D eigenvalue weighted by Gasteiger charge is -2.35. The molecule has 2 aromatic rings. The monoisotopic (exact) mass is 287 g/mol. The Kier molecular flexibility index (Phi) is 3.73. The van der Waals surface area contributed by atoms with E-state index < -0.39 is 0 Å². The van der Waals surface area contributed by atoms with Crippen LogP contribution >= 0.6 is 0 Å². The number of fused-ring (bicyclic) bond motifs is 1. The van der Waals surface area contributed by atoms with Crippen LogP contribution in [0.1, 0.15) is 19.8 Å². The molecule has 1 unspecified atom stereocenters. The maximum atomic E-state index is 13.3. The third-order valence-electron chi connectivity index (χ3n) is 3.85. The normalized spacial score (nSPS) is 18.8. The van der Waals surface area contributed by atoms with Crippen LogP contribution in [0.5, 0.6) is 0 Å². The number of carbonyl (C=O) groups is 1. The molecule has 0 radical (unpaired) electrons. The number of anilines is 1. The number of hydrogen-bond acceptors (Lipinski definition) is 3. The number of amides is 1. The zero-order chi connectivity index (χ0) is 14.8. The van der Waals surface area contributed by atoms with E-state index >= 15 is 0 Å². The third kappa shape index (κ3) is 2.96.